The SMILES string of the molecule is COC(=O)c1cnc2nc(SCc3ccccc3Cl)nn2c1C. The normalized spacial score (nSPS) is 10.9. The molecule has 8 heteroatoms. The Labute approximate surface area is 141 Å². The number of halogens is 1. The molecule has 3 aromatic rings. The van der Waals surface area contributed by atoms with Gasteiger partial charge in [0.1, 0.15) is 0 Å². The molecule has 0 aliphatic heterocycles. The zero-order valence-electron chi connectivity index (χ0n) is 12.5. The summed E-state index contributed by atoms with van der Waals surface area (Å²) in [4.78, 5) is 20.2. The highest BCUT2D eigenvalue weighted by molar-refractivity contribution is 7.98. The third kappa shape index (κ3) is 3.16. The van der Waals surface area contributed by atoms with Gasteiger partial charge in [0.25, 0.3) is 5.78 Å². The standard InChI is InChI=1S/C15H13ClN4O2S/c1-9-11(13(21)22-2)7-17-14-18-15(19-20(9)14)23-8-10-5-3-4-6-12(10)16/h3-7H,8H2,1-2H3. The number of methoxy groups -OCH3 is 1. The number of fused-ring (bicyclic) bond motifs is 1. The molecule has 0 radical (unpaired) electrons. The summed E-state index contributed by atoms with van der Waals surface area (Å²) in [6.45, 7) is 1.78. The van der Waals surface area contributed by atoms with Crippen molar-refractivity contribution < 1.29 is 9.53 Å². The maximum Gasteiger partial charge on any atom is 0.341 e. The lowest BCUT2D eigenvalue weighted by Gasteiger charge is -2.03. The summed E-state index contributed by atoms with van der Waals surface area (Å²) in [5.41, 5.74) is 2.02. The Morgan fingerprint density at radius 1 is 1.39 bits per heavy atom. The second kappa shape index (κ2) is 6.55. The predicted molar refractivity (Wildman–Crippen MR) is 87.9 cm³/mol. The van der Waals surface area contributed by atoms with E-state index in [-0.39, 0.29) is 0 Å². The topological polar surface area (TPSA) is 69.4 Å². The molecule has 2 heterocycles. The quantitative estimate of drug-likeness (QED) is 0.533. The molecule has 23 heavy (non-hydrogen) atoms. The van der Waals surface area contributed by atoms with Crippen molar-refractivity contribution in [3.8, 4) is 0 Å². The van der Waals surface area contributed by atoms with Crippen LogP contribution in [0, 0.1) is 6.92 Å². The van der Waals surface area contributed by atoms with Gasteiger partial charge >= 0.3 is 5.97 Å². The van der Waals surface area contributed by atoms with Crippen molar-refractivity contribution in [2.45, 2.75) is 17.8 Å². The summed E-state index contributed by atoms with van der Waals surface area (Å²) in [6, 6.07) is 7.64. The summed E-state index contributed by atoms with van der Waals surface area (Å²) in [5, 5.41) is 5.68. The monoisotopic (exact) mass is 348 g/mol. The fraction of sp³-hybridized carbons (Fsp3) is 0.200. The van der Waals surface area contributed by atoms with E-state index in [1.165, 1.54) is 25.1 Å². The molecule has 1 aromatic carbocycles. The Morgan fingerprint density at radius 2 is 2.17 bits per heavy atom. The smallest absolute Gasteiger partial charge is 0.341 e. The maximum atomic E-state index is 11.7. The first-order valence-corrected chi connectivity index (χ1v) is 8.13. The minimum Gasteiger partial charge on any atom is -0.465 e. The van der Waals surface area contributed by atoms with Crippen molar-refractivity contribution in [2.24, 2.45) is 0 Å². The molecule has 0 atom stereocenters. The number of rotatable bonds is 4. The van der Waals surface area contributed by atoms with Crippen molar-refractivity contribution in [1.29, 1.82) is 0 Å². The lowest BCUT2D eigenvalue weighted by Crippen LogP contribution is -2.09. The van der Waals surface area contributed by atoms with Gasteiger partial charge in [-0.1, -0.05) is 41.6 Å². The molecule has 0 fully saturated rings. The van der Waals surface area contributed by atoms with Gasteiger partial charge in [0.05, 0.1) is 18.4 Å². The summed E-state index contributed by atoms with van der Waals surface area (Å²) < 4.78 is 6.27. The van der Waals surface area contributed by atoms with Gasteiger partial charge in [0.15, 0.2) is 0 Å². The third-order valence-corrected chi connectivity index (χ3v) is 4.56. The van der Waals surface area contributed by atoms with Gasteiger partial charge in [-0.25, -0.2) is 9.78 Å². The second-order valence-corrected chi connectivity index (χ2v) is 6.08. The molecule has 0 saturated heterocycles. The molecule has 118 valence electrons. The van der Waals surface area contributed by atoms with Crippen LogP contribution in [0.3, 0.4) is 0 Å². The first-order chi connectivity index (χ1) is 11.1. The van der Waals surface area contributed by atoms with E-state index in [1.54, 1.807) is 11.4 Å². The van der Waals surface area contributed by atoms with Crippen LogP contribution < -0.4 is 0 Å². The number of aromatic nitrogens is 4. The molecule has 3 rings (SSSR count). The molecular weight excluding hydrogens is 336 g/mol. The molecule has 0 N–H and O–H groups in total. The van der Waals surface area contributed by atoms with Crippen molar-refractivity contribution in [1.82, 2.24) is 19.6 Å². The van der Waals surface area contributed by atoms with Crippen LogP contribution in [0.5, 0.6) is 0 Å². The van der Waals surface area contributed by atoms with Gasteiger partial charge in [0, 0.05) is 17.0 Å². The van der Waals surface area contributed by atoms with Crippen LogP contribution in [-0.4, -0.2) is 32.7 Å². The van der Waals surface area contributed by atoms with E-state index >= 15 is 0 Å². The summed E-state index contributed by atoms with van der Waals surface area (Å²) in [5.74, 6) is 0.647. The van der Waals surface area contributed by atoms with Crippen LogP contribution in [-0.2, 0) is 10.5 Å². The lowest BCUT2D eigenvalue weighted by atomic mass is 10.2. The minimum atomic E-state index is -0.447. The second-order valence-electron chi connectivity index (χ2n) is 4.74. The number of hydrogen-bond acceptors (Lipinski definition) is 6. The molecule has 0 spiro atoms. The van der Waals surface area contributed by atoms with E-state index in [0.29, 0.717) is 33.0 Å². The number of esters is 1. The average molecular weight is 349 g/mol. The number of benzene rings is 1. The first-order valence-electron chi connectivity index (χ1n) is 6.77. The van der Waals surface area contributed by atoms with Gasteiger partial charge in [-0.15, -0.1) is 5.10 Å². The molecule has 2 aromatic heterocycles. The van der Waals surface area contributed by atoms with Crippen LogP contribution in [0.4, 0.5) is 0 Å². The maximum absolute atomic E-state index is 11.7. The highest BCUT2D eigenvalue weighted by Gasteiger charge is 2.16. The van der Waals surface area contributed by atoms with Crippen molar-refractivity contribution in [3.63, 3.8) is 0 Å². The average Bonchev–Trinajstić information content (AvgIpc) is 2.98. The molecule has 0 aliphatic carbocycles. The molecular formula is C15H13ClN4O2S. The first kappa shape index (κ1) is 15.8. The molecule has 6 nitrogen and oxygen atoms in total. The van der Waals surface area contributed by atoms with E-state index in [2.05, 4.69) is 15.1 Å². The Hall–Kier alpha value is -2.12. The van der Waals surface area contributed by atoms with Crippen LogP contribution in [0.2, 0.25) is 5.02 Å². The predicted octanol–water partition coefficient (Wildman–Crippen LogP) is 3.17. The van der Waals surface area contributed by atoms with Gasteiger partial charge < -0.3 is 4.74 Å². The molecule has 0 saturated carbocycles. The van der Waals surface area contributed by atoms with Gasteiger partial charge in [-0.05, 0) is 18.6 Å². The van der Waals surface area contributed by atoms with E-state index in [4.69, 9.17) is 16.3 Å². The van der Waals surface area contributed by atoms with Crippen LogP contribution >= 0.6 is 23.4 Å². The van der Waals surface area contributed by atoms with E-state index < -0.39 is 5.97 Å². The zero-order valence-corrected chi connectivity index (χ0v) is 14.1. The third-order valence-electron chi connectivity index (χ3n) is 3.31. The zero-order chi connectivity index (χ0) is 16.4. The highest BCUT2D eigenvalue weighted by Crippen LogP contribution is 2.25. The lowest BCUT2D eigenvalue weighted by molar-refractivity contribution is 0.0598. The minimum absolute atomic E-state index is 0.368. The molecule has 0 bridgehead atoms. The van der Waals surface area contributed by atoms with Crippen molar-refractivity contribution in [3.05, 3.63) is 52.3 Å². The van der Waals surface area contributed by atoms with Crippen LogP contribution in [0.15, 0.2) is 35.6 Å². The molecule has 0 aliphatic rings. The Morgan fingerprint density at radius 3 is 2.91 bits per heavy atom. The number of thioether (sulfide) groups is 1. The Kier molecular flexibility index (Phi) is 4.49. The van der Waals surface area contributed by atoms with E-state index in [0.717, 1.165) is 5.56 Å². The van der Waals surface area contributed by atoms with Crippen molar-refractivity contribution in [2.75, 3.05) is 7.11 Å². The molecule has 0 amide bonds. The number of aryl methyl sites for hydroxylation is 1. The number of carbonyl (C=O) groups is 1. The summed E-state index contributed by atoms with van der Waals surface area (Å²) >= 11 is 7.60. The fourth-order valence-corrected chi connectivity index (χ4v) is 3.16. The van der Waals surface area contributed by atoms with Gasteiger partial charge in [-0.3, -0.25) is 0 Å². The fourth-order valence-electron chi connectivity index (χ4n) is 2.05. The molecule has 0 unspecified atom stereocenters. The Balaban J connectivity index is 1.87. The van der Waals surface area contributed by atoms with Gasteiger partial charge in [-0.2, -0.15) is 9.50 Å². The number of nitrogens with zero attached hydrogens (tertiary/aromatic N) is 4. The van der Waals surface area contributed by atoms with Crippen molar-refractivity contribution >= 4 is 35.1 Å². The highest BCUT2D eigenvalue weighted by atomic mass is 35.5. The van der Waals surface area contributed by atoms with E-state index in [1.807, 2.05) is 24.3 Å². The van der Waals surface area contributed by atoms with Crippen LogP contribution in [0.1, 0.15) is 21.6 Å². The number of ether oxygens (including phenoxy) is 1. The Bertz CT molecular complexity index is 881. The summed E-state index contributed by atoms with van der Waals surface area (Å²) in [6.07, 6.45) is 1.45. The number of hydrogen-bond donors (Lipinski definition) is 0. The van der Waals surface area contributed by atoms with Crippen LogP contribution in [0.25, 0.3) is 5.78 Å². The largest absolute Gasteiger partial charge is 0.465 e. The van der Waals surface area contributed by atoms with E-state index in [9.17, 15) is 4.79 Å². The summed E-state index contributed by atoms with van der Waals surface area (Å²) in [7, 11) is 1.33. The number of carbonyl (C=O) groups excluding carboxylic acids is 1. The van der Waals surface area contributed by atoms with Gasteiger partial charge in [0.2, 0.25) is 5.16 Å².